The van der Waals surface area contributed by atoms with Crippen molar-refractivity contribution in [2.75, 3.05) is 5.32 Å². The molecule has 0 atom stereocenters. The topological polar surface area (TPSA) is 68.7 Å². The minimum atomic E-state index is -0.176. The van der Waals surface area contributed by atoms with Crippen LogP contribution in [0.1, 0.15) is 16.1 Å². The average molecular weight is 324 g/mol. The maximum absolute atomic E-state index is 12.0. The molecule has 1 heterocycles. The third-order valence-electron chi connectivity index (χ3n) is 2.62. The zero-order chi connectivity index (χ0) is 14.7. The first-order chi connectivity index (χ1) is 9.49. The predicted octanol–water partition coefficient (Wildman–Crippen LogP) is 3.82. The maximum atomic E-state index is 12.0. The van der Waals surface area contributed by atoms with Crippen molar-refractivity contribution in [1.82, 2.24) is 4.98 Å². The van der Waals surface area contributed by atoms with Crippen LogP contribution in [0.2, 0.25) is 5.02 Å². The van der Waals surface area contributed by atoms with Crippen LogP contribution in [0.5, 0.6) is 0 Å². The van der Waals surface area contributed by atoms with Crippen molar-refractivity contribution < 1.29 is 4.79 Å². The van der Waals surface area contributed by atoms with Crippen LogP contribution in [0.3, 0.4) is 0 Å². The molecule has 2 aromatic rings. The van der Waals surface area contributed by atoms with Gasteiger partial charge in [0.25, 0.3) is 0 Å². The number of anilines is 1. The third-order valence-corrected chi connectivity index (χ3v) is 4.27. The molecular weight excluding hydrogens is 314 g/mol. The van der Waals surface area contributed by atoms with Crippen molar-refractivity contribution in [3.63, 3.8) is 0 Å². The summed E-state index contributed by atoms with van der Waals surface area (Å²) in [5.41, 5.74) is 1.85. The number of amides is 1. The normalized spacial score (nSPS) is 10.1. The highest BCUT2D eigenvalue weighted by molar-refractivity contribution is 7.73. The highest BCUT2D eigenvalue weighted by Gasteiger charge is 2.11. The maximum Gasteiger partial charge on any atom is 0.229 e. The van der Waals surface area contributed by atoms with E-state index in [4.69, 9.17) is 29.1 Å². The Labute approximate surface area is 130 Å². The predicted molar refractivity (Wildman–Crippen MR) is 82.7 cm³/mol. The molecule has 2 N–H and O–H groups in total. The summed E-state index contributed by atoms with van der Waals surface area (Å²) in [6.07, 6.45) is 0.236. The number of rotatable bonds is 3. The number of halogens is 1. The molecule has 0 spiro atoms. The van der Waals surface area contributed by atoms with E-state index in [0.717, 1.165) is 10.6 Å². The van der Waals surface area contributed by atoms with Gasteiger partial charge in [-0.2, -0.15) is 5.26 Å². The second-order valence-corrected chi connectivity index (χ2v) is 6.27. The van der Waals surface area contributed by atoms with E-state index in [1.807, 2.05) is 13.0 Å². The number of H-pyrrole nitrogens is 1. The molecule has 0 bridgehead atoms. The first-order valence-corrected chi connectivity index (χ1v) is 7.28. The first kappa shape index (κ1) is 14.7. The van der Waals surface area contributed by atoms with Crippen LogP contribution < -0.4 is 5.32 Å². The zero-order valence-electron chi connectivity index (χ0n) is 10.5. The van der Waals surface area contributed by atoms with Crippen molar-refractivity contribution >= 4 is 46.8 Å². The number of carbonyl (C=O) groups excluding carboxylic acids is 1. The first-order valence-electron chi connectivity index (χ1n) is 5.67. The second-order valence-electron chi connectivity index (χ2n) is 4.09. The van der Waals surface area contributed by atoms with Gasteiger partial charge in [0.1, 0.15) is 0 Å². The summed E-state index contributed by atoms with van der Waals surface area (Å²) in [5.74, 6) is -0.176. The summed E-state index contributed by atoms with van der Waals surface area (Å²) in [6, 6.07) is 6.72. The van der Waals surface area contributed by atoms with E-state index < -0.39 is 0 Å². The molecule has 20 heavy (non-hydrogen) atoms. The fourth-order valence-electron chi connectivity index (χ4n) is 1.63. The van der Waals surface area contributed by atoms with E-state index in [1.54, 1.807) is 12.1 Å². The molecule has 0 aliphatic carbocycles. The van der Waals surface area contributed by atoms with E-state index in [0.29, 0.717) is 20.2 Å². The molecule has 0 aliphatic heterocycles. The fourth-order valence-corrected chi connectivity index (χ4v) is 3.15. The molecule has 1 aromatic heterocycles. The Kier molecular flexibility index (Phi) is 4.55. The molecule has 0 radical (unpaired) electrons. The van der Waals surface area contributed by atoms with Gasteiger partial charge in [-0.1, -0.05) is 11.6 Å². The highest BCUT2D eigenvalue weighted by atomic mass is 35.5. The SMILES string of the molecule is Cc1[nH]c(=S)sc1CC(=O)Nc1ccc(C#N)cc1Cl. The van der Waals surface area contributed by atoms with E-state index in [9.17, 15) is 4.79 Å². The number of aromatic nitrogens is 1. The van der Waals surface area contributed by atoms with Crippen LogP contribution in [-0.4, -0.2) is 10.9 Å². The molecule has 4 nitrogen and oxygen atoms in total. The van der Waals surface area contributed by atoms with Gasteiger partial charge in [-0.3, -0.25) is 4.79 Å². The lowest BCUT2D eigenvalue weighted by Crippen LogP contribution is -2.14. The highest BCUT2D eigenvalue weighted by Crippen LogP contribution is 2.23. The van der Waals surface area contributed by atoms with Gasteiger partial charge < -0.3 is 10.3 Å². The number of aromatic amines is 1. The number of thiazole rings is 1. The van der Waals surface area contributed by atoms with Crippen LogP contribution >= 0.6 is 35.2 Å². The fraction of sp³-hybridized carbons (Fsp3) is 0.154. The van der Waals surface area contributed by atoms with Crippen LogP contribution in [0.4, 0.5) is 5.69 Å². The average Bonchev–Trinajstić information content (AvgIpc) is 2.70. The summed E-state index contributed by atoms with van der Waals surface area (Å²) < 4.78 is 0.654. The Morgan fingerprint density at radius 2 is 2.35 bits per heavy atom. The van der Waals surface area contributed by atoms with E-state index in [1.165, 1.54) is 17.4 Å². The summed E-state index contributed by atoms with van der Waals surface area (Å²) in [6.45, 7) is 1.88. The van der Waals surface area contributed by atoms with Gasteiger partial charge in [0.15, 0.2) is 3.95 Å². The molecule has 102 valence electrons. The standard InChI is InChI=1S/C13H10ClN3OS2/c1-7-11(20-13(19)16-7)5-12(18)17-10-3-2-8(6-15)4-9(10)14/h2-4H,5H2,1H3,(H,16,19)(H,17,18). The molecular formula is C13H10ClN3OS2. The molecule has 0 unspecified atom stereocenters. The second kappa shape index (κ2) is 6.18. The quantitative estimate of drug-likeness (QED) is 0.844. The van der Waals surface area contributed by atoms with E-state index in [2.05, 4.69) is 10.3 Å². The minimum Gasteiger partial charge on any atom is -0.341 e. The molecule has 1 aromatic carbocycles. The Balaban J connectivity index is 2.11. The number of nitriles is 1. The van der Waals surface area contributed by atoms with Crippen LogP contribution in [0.15, 0.2) is 18.2 Å². The molecule has 2 rings (SSSR count). The molecule has 1 amide bonds. The number of nitrogens with zero attached hydrogens (tertiary/aromatic N) is 1. The third kappa shape index (κ3) is 3.45. The number of aryl methyl sites for hydroxylation is 1. The van der Waals surface area contributed by atoms with Gasteiger partial charge in [-0.15, -0.1) is 11.3 Å². The van der Waals surface area contributed by atoms with Crippen molar-refractivity contribution in [2.45, 2.75) is 13.3 Å². The molecule has 0 aliphatic rings. The van der Waals surface area contributed by atoms with Crippen LogP contribution in [0.25, 0.3) is 0 Å². The van der Waals surface area contributed by atoms with Gasteiger partial charge in [-0.05, 0) is 37.3 Å². The summed E-state index contributed by atoms with van der Waals surface area (Å²) in [5, 5.41) is 11.8. The Morgan fingerprint density at radius 1 is 1.60 bits per heavy atom. The molecule has 7 heteroatoms. The van der Waals surface area contributed by atoms with Crippen LogP contribution in [0, 0.1) is 22.2 Å². The van der Waals surface area contributed by atoms with Gasteiger partial charge in [-0.25, -0.2) is 0 Å². The van der Waals surface area contributed by atoms with Crippen molar-refractivity contribution in [2.24, 2.45) is 0 Å². The van der Waals surface area contributed by atoms with Gasteiger partial charge >= 0.3 is 0 Å². The largest absolute Gasteiger partial charge is 0.341 e. The Hall–Kier alpha value is -1.68. The van der Waals surface area contributed by atoms with Crippen molar-refractivity contribution in [3.8, 4) is 6.07 Å². The van der Waals surface area contributed by atoms with Gasteiger partial charge in [0, 0.05) is 10.6 Å². The Morgan fingerprint density at radius 3 is 2.90 bits per heavy atom. The number of nitrogens with one attached hydrogen (secondary N) is 2. The number of carbonyl (C=O) groups is 1. The van der Waals surface area contributed by atoms with E-state index in [-0.39, 0.29) is 12.3 Å². The summed E-state index contributed by atoms with van der Waals surface area (Å²) in [4.78, 5) is 15.9. The number of hydrogen-bond donors (Lipinski definition) is 2. The monoisotopic (exact) mass is 323 g/mol. The lowest BCUT2D eigenvalue weighted by Gasteiger charge is -2.07. The lowest BCUT2D eigenvalue weighted by molar-refractivity contribution is -0.115. The van der Waals surface area contributed by atoms with Gasteiger partial charge in [0.2, 0.25) is 5.91 Å². The molecule has 0 fully saturated rings. The van der Waals surface area contributed by atoms with Crippen molar-refractivity contribution in [3.05, 3.63) is 43.3 Å². The smallest absolute Gasteiger partial charge is 0.229 e. The Bertz CT molecular complexity index is 758. The molecule has 0 saturated heterocycles. The lowest BCUT2D eigenvalue weighted by atomic mass is 10.2. The summed E-state index contributed by atoms with van der Waals surface area (Å²) >= 11 is 12.4. The van der Waals surface area contributed by atoms with Gasteiger partial charge in [0.05, 0.1) is 28.8 Å². The summed E-state index contributed by atoms with van der Waals surface area (Å²) in [7, 11) is 0. The minimum absolute atomic E-state index is 0.176. The van der Waals surface area contributed by atoms with Crippen LogP contribution in [-0.2, 0) is 11.2 Å². The molecule has 0 saturated carbocycles. The zero-order valence-corrected chi connectivity index (χ0v) is 12.9. The van der Waals surface area contributed by atoms with E-state index >= 15 is 0 Å². The number of hydrogen-bond acceptors (Lipinski definition) is 4. The van der Waals surface area contributed by atoms with Crippen molar-refractivity contribution in [1.29, 1.82) is 5.26 Å². The number of benzene rings is 1.